The summed E-state index contributed by atoms with van der Waals surface area (Å²) in [5.74, 6) is 0. The Morgan fingerprint density at radius 1 is 1.52 bits per heavy atom. The van der Waals surface area contributed by atoms with E-state index in [0.717, 1.165) is 34.6 Å². The zero-order chi connectivity index (χ0) is 14.6. The molecular weight excluding hydrogens is 300 g/mol. The smallest absolute Gasteiger partial charge is 0.179 e. The summed E-state index contributed by atoms with van der Waals surface area (Å²) in [4.78, 5) is 4.88. The summed E-state index contributed by atoms with van der Waals surface area (Å²) in [5.41, 5.74) is 4.70. The third-order valence-corrected chi connectivity index (χ3v) is 5.71. The molecular formula is C15H18N4S2. The molecule has 0 radical (unpaired) electrons. The molecule has 21 heavy (non-hydrogen) atoms. The summed E-state index contributed by atoms with van der Waals surface area (Å²) in [6, 6.07) is 2.62. The van der Waals surface area contributed by atoms with E-state index >= 15 is 0 Å². The van der Waals surface area contributed by atoms with E-state index in [4.69, 9.17) is 12.2 Å². The summed E-state index contributed by atoms with van der Waals surface area (Å²) in [6.07, 6.45) is 3.58. The van der Waals surface area contributed by atoms with Crippen LogP contribution in [0.25, 0.3) is 11.2 Å². The Morgan fingerprint density at radius 3 is 3.19 bits per heavy atom. The van der Waals surface area contributed by atoms with Crippen molar-refractivity contribution >= 4 is 34.7 Å². The average molecular weight is 318 g/mol. The van der Waals surface area contributed by atoms with E-state index in [1.807, 2.05) is 18.3 Å². The molecule has 6 heteroatoms. The Labute approximate surface area is 132 Å². The highest BCUT2D eigenvalue weighted by molar-refractivity contribution is 7.71. The molecule has 4 nitrogen and oxygen atoms in total. The lowest BCUT2D eigenvalue weighted by Gasteiger charge is -2.24. The van der Waals surface area contributed by atoms with Crippen LogP contribution in [0.15, 0.2) is 11.4 Å². The predicted octanol–water partition coefficient (Wildman–Crippen LogP) is 4.21. The van der Waals surface area contributed by atoms with Crippen molar-refractivity contribution in [3.63, 3.8) is 0 Å². The van der Waals surface area contributed by atoms with E-state index in [9.17, 15) is 0 Å². The van der Waals surface area contributed by atoms with Crippen LogP contribution < -0.4 is 0 Å². The van der Waals surface area contributed by atoms with Crippen molar-refractivity contribution < 1.29 is 0 Å². The molecule has 0 bridgehead atoms. The second-order valence-corrected chi connectivity index (χ2v) is 6.99. The van der Waals surface area contributed by atoms with Crippen LogP contribution in [0.5, 0.6) is 0 Å². The van der Waals surface area contributed by atoms with Crippen molar-refractivity contribution in [2.45, 2.75) is 45.7 Å². The summed E-state index contributed by atoms with van der Waals surface area (Å²) in [5, 5.41) is 6.84. The normalized spacial score (nSPS) is 18.3. The van der Waals surface area contributed by atoms with Crippen molar-refractivity contribution in [3.05, 3.63) is 32.4 Å². The first-order valence-electron chi connectivity index (χ1n) is 7.44. The van der Waals surface area contributed by atoms with Crippen molar-refractivity contribution in [2.75, 3.05) is 0 Å². The van der Waals surface area contributed by atoms with Crippen LogP contribution in [0.2, 0.25) is 0 Å². The van der Waals surface area contributed by atoms with Gasteiger partial charge in [0.1, 0.15) is 5.52 Å². The maximum Gasteiger partial charge on any atom is 0.179 e. The van der Waals surface area contributed by atoms with E-state index in [1.165, 1.54) is 23.3 Å². The van der Waals surface area contributed by atoms with Crippen LogP contribution in [0.3, 0.4) is 0 Å². The van der Waals surface area contributed by atoms with E-state index < -0.39 is 0 Å². The van der Waals surface area contributed by atoms with Gasteiger partial charge < -0.3 is 4.98 Å². The number of rotatable bonds is 2. The van der Waals surface area contributed by atoms with Crippen molar-refractivity contribution in [1.29, 1.82) is 0 Å². The minimum absolute atomic E-state index is 0.350. The SMILES string of the molecule is CCn1nc(C)c2[nH]c(=S)n(C3CCCc4sccc43)c21. The van der Waals surface area contributed by atoms with Gasteiger partial charge >= 0.3 is 0 Å². The van der Waals surface area contributed by atoms with Gasteiger partial charge in [-0.2, -0.15) is 5.10 Å². The monoisotopic (exact) mass is 318 g/mol. The molecule has 0 amide bonds. The molecule has 3 aromatic rings. The molecule has 0 aromatic carbocycles. The van der Waals surface area contributed by atoms with Crippen LogP contribution in [-0.2, 0) is 13.0 Å². The number of thiophene rings is 1. The van der Waals surface area contributed by atoms with Crippen molar-refractivity contribution in [1.82, 2.24) is 19.3 Å². The lowest BCUT2D eigenvalue weighted by atomic mass is 9.94. The van der Waals surface area contributed by atoms with E-state index in [2.05, 4.69) is 37.7 Å². The molecule has 0 saturated carbocycles. The van der Waals surface area contributed by atoms with Gasteiger partial charge in [0, 0.05) is 11.4 Å². The van der Waals surface area contributed by atoms with E-state index in [-0.39, 0.29) is 0 Å². The van der Waals surface area contributed by atoms with Gasteiger partial charge in [-0.15, -0.1) is 11.3 Å². The molecule has 4 rings (SSSR count). The molecule has 0 spiro atoms. The summed E-state index contributed by atoms with van der Waals surface area (Å²) in [6.45, 7) is 5.03. The molecule has 1 unspecified atom stereocenters. The molecule has 1 aliphatic rings. The number of fused-ring (bicyclic) bond motifs is 2. The molecule has 3 aromatic heterocycles. The van der Waals surface area contributed by atoms with Crippen LogP contribution in [-0.4, -0.2) is 19.3 Å². The van der Waals surface area contributed by atoms with E-state index in [0.29, 0.717) is 6.04 Å². The second kappa shape index (κ2) is 4.81. The standard InChI is InChI=1S/C15H18N4S2/c1-3-18-14-13(9(2)17-18)16-15(20)19(14)11-5-4-6-12-10(11)7-8-21-12/h7-8,11H,3-6H2,1-2H3,(H,16,20). The largest absolute Gasteiger partial charge is 0.328 e. The topological polar surface area (TPSA) is 38.5 Å². The first kappa shape index (κ1) is 13.3. The Balaban J connectivity index is 2.00. The van der Waals surface area contributed by atoms with Crippen LogP contribution in [0.1, 0.15) is 41.9 Å². The van der Waals surface area contributed by atoms with Gasteiger partial charge in [0.05, 0.1) is 11.7 Å². The third-order valence-electron chi connectivity index (χ3n) is 4.41. The minimum Gasteiger partial charge on any atom is -0.328 e. The molecule has 0 saturated heterocycles. The molecule has 1 aliphatic carbocycles. The quantitative estimate of drug-likeness (QED) is 0.719. The highest BCUT2D eigenvalue weighted by atomic mass is 32.1. The maximum absolute atomic E-state index is 5.63. The fourth-order valence-corrected chi connectivity index (χ4v) is 4.76. The Bertz CT molecular complexity index is 864. The third kappa shape index (κ3) is 1.85. The maximum atomic E-state index is 5.63. The average Bonchev–Trinajstić information content (AvgIpc) is 3.14. The van der Waals surface area contributed by atoms with Gasteiger partial charge in [-0.05, 0) is 62.3 Å². The molecule has 0 fully saturated rings. The van der Waals surface area contributed by atoms with Crippen LogP contribution >= 0.6 is 23.6 Å². The molecule has 1 N–H and O–H groups in total. The Kier molecular flexibility index (Phi) is 3.04. The van der Waals surface area contributed by atoms with Gasteiger partial charge in [0.2, 0.25) is 0 Å². The van der Waals surface area contributed by atoms with Crippen molar-refractivity contribution in [3.8, 4) is 0 Å². The van der Waals surface area contributed by atoms with Gasteiger partial charge in [-0.3, -0.25) is 4.57 Å². The molecule has 1 atom stereocenters. The number of aromatic nitrogens is 4. The van der Waals surface area contributed by atoms with Crippen LogP contribution in [0, 0.1) is 11.7 Å². The van der Waals surface area contributed by atoms with Crippen molar-refractivity contribution in [2.24, 2.45) is 0 Å². The number of imidazole rings is 1. The number of aromatic amines is 1. The molecule has 110 valence electrons. The van der Waals surface area contributed by atoms with Gasteiger partial charge in [0.15, 0.2) is 10.4 Å². The lowest BCUT2D eigenvalue weighted by molar-refractivity contribution is 0.488. The fourth-order valence-electron chi connectivity index (χ4n) is 3.46. The predicted molar refractivity (Wildman–Crippen MR) is 88.7 cm³/mol. The van der Waals surface area contributed by atoms with Gasteiger partial charge in [0.25, 0.3) is 0 Å². The Morgan fingerprint density at radius 2 is 2.38 bits per heavy atom. The number of aryl methyl sites for hydroxylation is 3. The highest BCUT2D eigenvalue weighted by Crippen LogP contribution is 2.38. The summed E-state index contributed by atoms with van der Waals surface area (Å²) in [7, 11) is 0. The zero-order valence-electron chi connectivity index (χ0n) is 12.2. The van der Waals surface area contributed by atoms with E-state index in [1.54, 1.807) is 0 Å². The second-order valence-electron chi connectivity index (χ2n) is 5.61. The number of hydrogen-bond donors (Lipinski definition) is 1. The fraction of sp³-hybridized carbons (Fsp3) is 0.467. The number of nitrogens with one attached hydrogen (secondary N) is 1. The minimum atomic E-state index is 0.350. The first-order valence-corrected chi connectivity index (χ1v) is 8.73. The summed E-state index contributed by atoms with van der Waals surface area (Å²) < 4.78 is 5.17. The number of nitrogens with zero attached hydrogens (tertiary/aromatic N) is 3. The zero-order valence-corrected chi connectivity index (χ0v) is 13.9. The number of H-pyrrole nitrogens is 1. The first-order chi connectivity index (χ1) is 10.2. The Hall–Kier alpha value is -1.40. The molecule has 3 heterocycles. The highest BCUT2D eigenvalue weighted by Gasteiger charge is 2.26. The number of hydrogen-bond acceptors (Lipinski definition) is 3. The molecule has 0 aliphatic heterocycles. The van der Waals surface area contributed by atoms with Crippen LogP contribution in [0.4, 0.5) is 0 Å². The van der Waals surface area contributed by atoms with Gasteiger partial charge in [-0.25, -0.2) is 4.68 Å². The van der Waals surface area contributed by atoms with Gasteiger partial charge in [-0.1, -0.05) is 0 Å². The lowest BCUT2D eigenvalue weighted by Crippen LogP contribution is -2.17. The summed E-state index contributed by atoms with van der Waals surface area (Å²) >= 11 is 7.50.